The second-order valence-corrected chi connectivity index (χ2v) is 6.22. The van der Waals surface area contributed by atoms with Gasteiger partial charge in [-0.05, 0) is 51.3 Å². The predicted octanol–water partition coefficient (Wildman–Crippen LogP) is 3.61. The van der Waals surface area contributed by atoms with Gasteiger partial charge in [-0.3, -0.25) is 10.1 Å². The first kappa shape index (κ1) is 17.0. The average Bonchev–Trinajstić information content (AvgIpc) is 2.30. The Kier molecular flexibility index (Phi) is 5.35. The number of carboxylic acids is 1. The first-order valence-electron chi connectivity index (χ1n) is 6.91. The molecule has 0 aliphatic carbocycles. The summed E-state index contributed by atoms with van der Waals surface area (Å²) in [5.74, 6) is -1.25. The van der Waals surface area contributed by atoms with Gasteiger partial charge in [0.1, 0.15) is 5.60 Å². The maximum Gasteiger partial charge on any atom is 0.412 e. The van der Waals surface area contributed by atoms with Crippen LogP contribution < -0.4 is 5.32 Å². The van der Waals surface area contributed by atoms with Crippen LogP contribution in [0.15, 0.2) is 18.2 Å². The topological polar surface area (TPSA) is 75.6 Å². The van der Waals surface area contributed by atoms with Gasteiger partial charge in [0.2, 0.25) is 0 Å². The van der Waals surface area contributed by atoms with E-state index in [0.29, 0.717) is 12.1 Å². The number of carboxylic acid groups (broad SMARTS) is 1. The van der Waals surface area contributed by atoms with Crippen molar-refractivity contribution in [3.8, 4) is 0 Å². The lowest BCUT2D eigenvalue weighted by molar-refractivity contribution is -0.141. The fourth-order valence-corrected chi connectivity index (χ4v) is 1.85. The number of aliphatic carboxylic acids is 1. The monoisotopic (exact) mass is 293 g/mol. The van der Waals surface area contributed by atoms with E-state index in [-0.39, 0.29) is 0 Å². The second kappa shape index (κ2) is 6.61. The molecule has 5 heteroatoms. The zero-order chi connectivity index (χ0) is 16.2. The summed E-state index contributed by atoms with van der Waals surface area (Å²) in [5.41, 5.74) is 1.92. The quantitative estimate of drug-likeness (QED) is 0.889. The van der Waals surface area contributed by atoms with E-state index in [1.165, 1.54) is 0 Å². The largest absolute Gasteiger partial charge is 0.481 e. The molecule has 0 radical (unpaired) electrons. The lowest BCUT2D eigenvalue weighted by Crippen LogP contribution is -2.27. The Morgan fingerprint density at radius 3 is 2.43 bits per heavy atom. The summed E-state index contributed by atoms with van der Waals surface area (Å²) in [6, 6.07) is 5.47. The zero-order valence-corrected chi connectivity index (χ0v) is 13.2. The number of amides is 1. The molecular weight excluding hydrogens is 270 g/mol. The van der Waals surface area contributed by atoms with E-state index in [1.807, 2.05) is 19.1 Å². The molecule has 1 atom stereocenters. The molecule has 0 aliphatic rings. The van der Waals surface area contributed by atoms with Crippen LogP contribution >= 0.6 is 0 Å². The van der Waals surface area contributed by atoms with Gasteiger partial charge in [-0.2, -0.15) is 0 Å². The Balaban J connectivity index is 2.75. The minimum absolute atomic E-state index is 0.436. The number of anilines is 1. The van der Waals surface area contributed by atoms with Gasteiger partial charge in [0.05, 0.1) is 5.92 Å². The molecule has 0 aliphatic heterocycles. The molecule has 1 aromatic carbocycles. The highest BCUT2D eigenvalue weighted by molar-refractivity contribution is 5.86. The highest BCUT2D eigenvalue weighted by Crippen LogP contribution is 2.20. The number of hydrogen-bond donors (Lipinski definition) is 2. The molecule has 21 heavy (non-hydrogen) atoms. The van der Waals surface area contributed by atoms with Crippen LogP contribution in [0.25, 0.3) is 0 Å². The van der Waals surface area contributed by atoms with Crippen LogP contribution in [0.2, 0.25) is 0 Å². The Morgan fingerprint density at radius 1 is 1.33 bits per heavy atom. The molecule has 5 nitrogen and oxygen atoms in total. The molecule has 0 saturated heterocycles. The van der Waals surface area contributed by atoms with Gasteiger partial charge in [0, 0.05) is 5.69 Å². The SMILES string of the molecule is Cc1cc(CC(C)C(=O)O)ccc1NC(=O)OC(C)(C)C. The molecule has 0 fully saturated rings. The van der Waals surface area contributed by atoms with Gasteiger partial charge < -0.3 is 9.84 Å². The first-order valence-corrected chi connectivity index (χ1v) is 6.91. The van der Waals surface area contributed by atoms with Crippen molar-refractivity contribution in [2.24, 2.45) is 5.92 Å². The molecule has 116 valence electrons. The van der Waals surface area contributed by atoms with E-state index in [4.69, 9.17) is 9.84 Å². The predicted molar refractivity (Wildman–Crippen MR) is 81.5 cm³/mol. The standard InChI is InChI=1S/C16H23NO4/c1-10-8-12(9-11(2)14(18)19)6-7-13(10)17-15(20)21-16(3,4)5/h6-8,11H,9H2,1-5H3,(H,17,20)(H,18,19). The summed E-state index contributed by atoms with van der Waals surface area (Å²) in [5, 5.41) is 11.6. The average molecular weight is 293 g/mol. The number of ether oxygens (including phenoxy) is 1. The van der Waals surface area contributed by atoms with Gasteiger partial charge in [-0.25, -0.2) is 4.79 Å². The summed E-state index contributed by atoms with van der Waals surface area (Å²) < 4.78 is 5.20. The molecule has 2 N–H and O–H groups in total. The molecule has 0 saturated carbocycles. The third kappa shape index (κ3) is 5.85. The van der Waals surface area contributed by atoms with Crippen molar-refractivity contribution in [2.45, 2.75) is 46.6 Å². The van der Waals surface area contributed by atoms with E-state index in [1.54, 1.807) is 33.8 Å². The van der Waals surface area contributed by atoms with Gasteiger partial charge >= 0.3 is 12.1 Å². The van der Waals surface area contributed by atoms with Crippen molar-refractivity contribution in [1.29, 1.82) is 0 Å². The van der Waals surface area contributed by atoms with E-state index in [0.717, 1.165) is 11.1 Å². The lowest BCUT2D eigenvalue weighted by Gasteiger charge is -2.20. The molecular formula is C16H23NO4. The first-order chi connectivity index (χ1) is 9.58. The van der Waals surface area contributed by atoms with Crippen LogP contribution in [0.4, 0.5) is 10.5 Å². The fourth-order valence-electron chi connectivity index (χ4n) is 1.85. The number of hydrogen-bond acceptors (Lipinski definition) is 3. The van der Waals surface area contributed by atoms with E-state index in [9.17, 15) is 9.59 Å². The number of rotatable bonds is 4. The van der Waals surface area contributed by atoms with Gasteiger partial charge in [0.15, 0.2) is 0 Å². The van der Waals surface area contributed by atoms with Crippen molar-refractivity contribution in [1.82, 2.24) is 0 Å². The van der Waals surface area contributed by atoms with E-state index >= 15 is 0 Å². The Hall–Kier alpha value is -2.04. The van der Waals surface area contributed by atoms with E-state index < -0.39 is 23.6 Å². The van der Waals surface area contributed by atoms with Gasteiger partial charge in [0.25, 0.3) is 0 Å². The van der Waals surface area contributed by atoms with Crippen molar-refractivity contribution in [3.05, 3.63) is 29.3 Å². The third-order valence-corrected chi connectivity index (χ3v) is 2.89. The van der Waals surface area contributed by atoms with Crippen LogP contribution in [0.3, 0.4) is 0 Å². The molecule has 1 aromatic rings. The van der Waals surface area contributed by atoms with Gasteiger partial charge in [-0.15, -0.1) is 0 Å². The van der Waals surface area contributed by atoms with E-state index in [2.05, 4.69) is 5.32 Å². The summed E-state index contributed by atoms with van der Waals surface area (Å²) in [6.45, 7) is 8.94. The number of aryl methyl sites for hydroxylation is 1. The van der Waals surface area contributed by atoms with Crippen LogP contribution in [-0.4, -0.2) is 22.8 Å². The van der Waals surface area contributed by atoms with Gasteiger partial charge in [-0.1, -0.05) is 19.1 Å². The third-order valence-electron chi connectivity index (χ3n) is 2.89. The Bertz CT molecular complexity index is 532. The van der Waals surface area contributed by atoms with Crippen LogP contribution in [-0.2, 0) is 16.0 Å². The minimum Gasteiger partial charge on any atom is -0.481 e. The van der Waals surface area contributed by atoms with Crippen molar-refractivity contribution in [3.63, 3.8) is 0 Å². The maximum atomic E-state index is 11.7. The Morgan fingerprint density at radius 2 is 1.95 bits per heavy atom. The number of carbonyl (C=O) groups is 2. The molecule has 1 rings (SSSR count). The normalized spacial score (nSPS) is 12.6. The molecule has 0 heterocycles. The lowest BCUT2D eigenvalue weighted by atomic mass is 9.99. The highest BCUT2D eigenvalue weighted by Gasteiger charge is 2.17. The molecule has 0 bridgehead atoms. The number of benzene rings is 1. The summed E-state index contributed by atoms with van der Waals surface area (Å²) in [7, 11) is 0. The summed E-state index contributed by atoms with van der Waals surface area (Å²) in [4.78, 5) is 22.6. The number of nitrogens with one attached hydrogen (secondary N) is 1. The van der Waals surface area contributed by atoms with Crippen molar-refractivity contribution < 1.29 is 19.4 Å². The van der Waals surface area contributed by atoms with Crippen LogP contribution in [0.5, 0.6) is 0 Å². The summed E-state index contributed by atoms with van der Waals surface area (Å²) in [6.07, 6.45) is -0.0413. The fraction of sp³-hybridized carbons (Fsp3) is 0.500. The molecule has 0 spiro atoms. The smallest absolute Gasteiger partial charge is 0.412 e. The Labute approximate surface area is 125 Å². The zero-order valence-electron chi connectivity index (χ0n) is 13.2. The molecule has 0 aromatic heterocycles. The molecule has 1 amide bonds. The van der Waals surface area contributed by atoms with Crippen molar-refractivity contribution in [2.75, 3.05) is 5.32 Å². The molecule has 1 unspecified atom stereocenters. The van der Waals surface area contributed by atoms with Crippen LogP contribution in [0.1, 0.15) is 38.8 Å². The highest BCUT2D eigenvalue weighted by atomic mass is 16.6. The maximum absolute atomic E-state index is 11.7. The van der Waals surface area contributed by atoms with Crippen molar-refractivity contribution >= 4 is 17.7 Å². The second-order valence-electron chi connectivity index (χ2n) is 6.22. The number of carbonyl (C=O) groups excluding carboxylic acids is 1. The van der Waals surface area contributed by atoms with Crippen LogP contribution in [0, 0.1) is 12.8 Å². The minimum atomic E-state index is -0.816. The summed E-state index contributed by atoms with van der Waals surface area (Å²) >= 11 is 0.